The van der Waals surface area contributed by atoms with Crippen molar-refractivity contribution in [2.75, 3.05) is 0 Å². The first-order valence-electron chi connectivity index (χ1n) is 16.3. The fourth-order valence-corrected chi connectivity index (χ4v) is 7.24. The van der Waals surface area contributed by atoms with E-state index < -0.39 is 0 Å². The van der Waals surface area contributed by atoms with E-state index in [4.69, 9.17) is 9.40 Å². The van der Waals surface area contributed by atoms with Crippen molar-refractivity contribution in [3.63, 3.8) is 0 Å². The summed E-state index contributed by atoms with van der Waals surface area (Å²) in [5, 5.41) is 7.39. The molecule has 9 aromatic rings. The van der Waals surface area contributed by atoms with E-state index in [2.05, 4.69) is 149 Å². The molecule has 0 saturated heterocycles. The lowest BCUT2D eigenvalue weighted by atomic mass is 9.82. The molecular weight excluding hydrogens is 571 g/mol. The average Bonchev–Trinajstić information content (AvgIpc) is 3.51. The van der Waals surface area contributed by atoms with Crippen molar-refractivity contribution in [3.8, 4) is 44.8 Å². The third kappa shape index (κ3) is 4.44. The summed E-state index contributed by atoms with van der Waals surface area (Å²) in [6, 6.07) is 46.8. The molecule has 0 bridgehead atoms. The number of rotatable bonds is 4. The number of nitrogens with zero attached hydrogens (tertiary/aromatic N) is 1. The van der Waals surface area contributed by atoms with Gasteiger partial charge in [0.15, 0.2) is 5.58 Å². The van der Waals surface area contributed by atoms with Gasteiger partial charge in [0.25, 0.3) is 0 Å². The summed E-state index contributed by atoms with van der Waals surface area (Å²) in [5.41, 5.74) is 14.9. The van der Waals surface area contributed by atoms with Gasteiger partial charge in [-0.1, -0.05) is 120 Å². The molecule has 0 aliphatic carbocycles. The lowest BCUT2D eigenvalue weighted by molar-refractivity contribution is 0.620. The fraction of sp³-hybridized carbons (Fsp3) is 0.0889. The van der Waals surface area contributed by atoms with Crippen molar-refractivity contribution in [1.29, 1.82) is 0 Å². The van der Waals surface area contributed by atoms with Crippen molar-refractivity contribution in [2.24, 2.45) is 0 Å². The highest BCUT2D eigenvalue weighted by Gasteiger charge is 2.22. The maximum Gasteiger partial charge on any atom is 0.227 e. The van der Waals surface area contributed by atoms with Gasteiger partial charge in [-0.05, 0) is 123 Å². The highest BCUT2D eigenvalue weighted by Crippen LogP contribution is 2.48. The van der Waals surface area contributed by atoms with Gasteiger partial charge in [0.2, 0.25) is 5.89 Å². The molecule has 0 spiro atoms. The smallest absolute Gasteiger partial charge is 0.227 e. The SMILES string of the molecule is Cc1ccc(-c2cc(-c3ccc(C)cc3)c3ccc4c(-c5nc6cc(C)ccc6o5)cc(-c5ccc(C)cc5)c5ccc2c3c54)cc1. The zero-order chi connectivity index (χ0) is 31.8. The number of benzene rings is 8. The molecule has 0 N–H and O–H groups in total. The molecule has 0 amide bonds. The van der Waals surface area contributed by atoms with Gasteiger partial charge in [-0.2, -0.15) is 0 Å². The van der Waals surface area contributed by atoms with Gasteiger partial charge < -0.3 is 4.42 Å². The average molecular weight is 604 g/mol. The summed E-state index contributed by atoms with van der Waals surface area (Å²) in [5.74, 6) is 0.648. The molecule has 9 rings (SSSR count). The first-order chi connectivity index (χ1) is 22.9. The molecule has 0 saturated carbocycles. The number of fused-ring (bicyclic) bond motifs is 1. The second-order valence-corrected chi connectivity index (χ2v) is 13.1. The molecule has 2 nitrogen and oxygen atoms in total. The van der Waals surface area contributed by atoms with E-state index in [-0.39, 0.29) is 0 Å². The van der Waals surface area contributed by atoms with Crippen LogP contribution in [0.3, 0.4) is 0 Å². The van der Waals surface area contributed by atoms with Gasteiger partial charge in [-0.25, -0.2) is 4.98 Å². The summed E-state index contributed by atoms with van der Waals surface area (Å²) in [7, 11) is 0. The normalized spacial score (nSPS) is 11.8. The minimum absolute atomic E-state index is 0.648. The lowest BCUT2D eigenvalue weighted by Crippen LogP contribution is -1.94. The highest BCUT2D eigenvalue weighted by molar-refractivity contribution is 6.31. The van der Waals surface area contributed by atoms with Gasteiger partial charge >= 0.3 is 0 Å². The minimum atomic E-state index is 0.648. The Hall–Kier alpha value is -5.73. The van der Waals surface area contributed by atoms with Gasteiger partial charge in [0.1, 0.15) is 5.52 Å². The maximum atomic E-state index is 6.51. The van der Waals surface area contributed by atoms with Gasteiger partial charge in [0.05, 0.1) is 0 Å². The van der Waals surface area contributed by atoms with Crippen LogP contribution < -0.4 is 0 Å². The van der Waals surface area contributed by atoms with Crippen molar-refractivity contribution in [1.82, 2.24) is 4.98 Å². The molecule has 2 heteroatoms. The molecule has 0 radical (unpaired) electrons. The van der Waals surface area contributed by atoms with E-state index in [9.17, 15) is 0 Å². The van der Waals surface area contributed by atoms with Crippen LogP contribution in [0.25, 0.3) is 88.3 Å². The van der Waals surface area contributed by atoms with Crippen molar-refractivity contribution >= 4 is 43.4 Å². The first-order valence-corrected chi connectivity index (χ1v) is 16.3. The molecule has 8 aromatic carbocycles. The quantitative estimate of drug-likeness (QED) is 0.187. The van der Waals surface area contributed by atoms with Crippen LogP contribution in [0.5, 0.6) is 0 Å². The molecule has 0 aliphatic heterocycles. The van der Waals surface area contributed by atoms with E-state index in [1.165, 1.54) is 82.6 Å². The summed E-state index contributed by atoms with van der Waals surface area (Å²) in [6.07, 6.45) is 0. The second kappa shape index (κ2) is 10.4. The Balaban J connectivity index is 1.45. The first kappa shape index (κ1) is 27.6. The predicted molar refractivity (Wildman–Crippen MR) is 198 cm³/mol. The van der Waals surface area contributed by atoms with Gasteiger partial charge in [0, 0.05) is 5.56 Å². The second-order valence-electron chi connectivity index (χ2n) is 13.1. The Morgan fingerprint density at radius 2 is 0.766 bits per heavy atom. The summed E-state index contributed by atoms with van der Waals surface area (Å²) in [4.78, 5) is 5.06. The Morgan fingerprint density at radius 1 is 0.383 bits per heavy atom. The number of hydrogen-bond acceptors (Lipinski definition) is 2. The zero-order valence-electron chi connectivity index (χ0n) is 27.0. The molecule has 1 aromatic heterocycles. The molecule has 1 heterocycles. The van der Waals surface area contributed by atoms with E-state index in [1.54, 1.807) is 0 Å². The van der Waals surface area contributed by atoms with E-state index in [0.29, 0.717) is 5.89 Å². The molecule has 0 unspecified atom stereocenters. The van der Waals surface area contributed by atoms with Crippen LogP contribution >= 0.6 is 0 Å². The fourth-order valence-electron chi connectivity index (χ4n) is 7.24. The number of aromatic nitrogens is 1. The molecular formula is C45H33NO. The summed E-state index contributed by atoms with van der Waals surface area (Å²) >= 11 is 0. The van der Waals surface area contributed by atoms with Gasteiger partial charge in [-0.15, -0.1) is 0 Å². The molecule has 0 aliphatic rings. The Morgan fingerprint density at radius 3 is 1.21 bits per heavy atom. The summed E-state index contributed by atoms with van der Waals surface area (Å²) < 4.78 is 6.51. The van der Waals surface area contributed by atoms with Crippen LogP contribution in [0.15, 0.2) is 132 Å². The van der Waals surface area contributed by atoms with Gasteiger partial charge in [-0.3, -0.25) is 0 Å². The van der Waals surface area contributed by atoms with Crippen LogP contribution in [-0.2, 0) is 0 Å². The zero-order valence-corrected chi connectivity index (χ0v) is 27.0. The van der Waals surface area contributed by atoms with Crippen LogP contribution in [0, 0.1) is 27.7 Å². The third-order valence-corrected chi connectivity index (χ3v) is 9.76. The minimum Gasteiger partial charge on any atom is -0.436 e. The molecule has 0 fully saturated rings. The molecule has 0 atom stereocenters. The predicted octanol–water partition coefficient (Wildman–Crippen LogP) is 12.6. The lowest BCUT2D eigenvalue weighted by Gasteiger charge is -2.21. The Bertz CT molecular complexity index is 2560. The third-order valence-electron chi connectivity index (χ3n) is 9.76. The van der Waals surface area contributed by atoms with E-state index in [1.807, 2.05) is 6.07 Å². The van der Waals surface area contributed by atoms with E-state index in [0.717, 1.165) is 22.0 Å². The van der Waals surface area contributed by atoms with E-state index >= 15 is 0 Å². The van der Waals surface area contributed by atoms with Crippen molar-refractivity contribution < 1.29 is 4.42 Å². The topological polar surface area (TPSA) is 26.0 Å². The van der Waals surface area contributed by atoms with Crippen molar-refractivity contribution in [2.45, 2.75) is 27.7 Å². The van der Waals surface area contributed by atoms with Crippen molar-refractivity contribution in [3.05, 3.63) is 150 Å². The van der Waals surface area contributed by atoms with Crippen LogP contribution in [-0.4, -0.2) is 4.98 Å². The highest BCUT2D eigenvalue weighted by atomic mass is 16.3. The largest absolute Gasteiger partial charge is 0.436 e. The van der Waals surface area contributed by atoms with Crippen LogP contribution in [0.2, 0.25) is 0 Å². The maximum absolute atomic E-state index is 6.51. The monoisotopic (exact) mass is 603 g/mol. The summed E-state index contributed by atoms with van der Waals surface area (Å²) in [6.45, 7) is 8.52. The Labute approximate surface area is 274 Å². The number of aryl methyl sites for hydroxylation is 4. The van der Waals surface area contributed by atoms with Crippen LogP contribution in [0.4, 0.5) is 0 Å². The van der Waals surface area contributed by atoms with Crippen LogP contribution in [0.1, 0.15) is 22.3 Å². The number of hydrogen-bond donors (Lipinski definition) is 0. The molecule has 47 heavy (non-hydrogen) atoms. The number of oxazole rings is 1. The Kier molecular flexibility index (Phi) is 6.10. The standard InChI is InChI=1S/C45H33NO/c1-26-5-12-30(13-6-26)37-24-38(31-14-7-27(2)8-15-31)34-20-21-36-40(45-46-41-23-29(4)11-22-42(41)47-45)25-39(32-16-9-28(3)10-17-32)35-19-18-33(37)43(34)44(35)36/h5-25H,1-4H3. The molecule has 224 valence electrons.